The predicted molar refractivity (Wildman–Crippen MR) is 72.8 cm³/mol. The molecule has 0 radical (unpaired) electrons. The molecule has 0 unspecified atom stereocenters. The van der Waals surface area contributed by atoms with Crippen LogP contribution in [0.2, 0.25) is 0 Å². The Balaban J connectivity index is 3.06. The van der Waals surface area contributed by atoms with E-state index in [-0.39, 0.29) is 0 Å². The highest BCUT2D eigenvalue weighted by Crippen LogP contribution is 2.17. The second-order valence-corrected chi connectivity index (χ2v) is 6.76. The number of nitrogens with two attached hydrogens (primary N) is 1. The fourth-order valence-electron chi connectivity index (χ4n) is 2.16. The number of ketones is 1. The highest BCUT2D eigenvalue weighted by Gasteiger charge is 2.22. The molecule has 0 aromatic heterocycles. The molecule has 0 atom stereocenters. The molecule has 0 heterocycles. The van der Waals surface area contributed by atoms with Crippen molar-refractivity contribution in [1.82, 2.24) is 0 Å². The number of hydrogen-bond acceptors (Lipinski definition) is 4. The number of rotatable bonds is 5. The second-order valence-electron chi connectivity index (χ2n) is 4.70. The molecule has 0 bridgehead atoms. The molecular weight excluding hydrogens is 266 g/mol. The van der Waals surface area contributed by atoms with Gasteiger partial charge in [0.15, 0.2) is 15.6 Å². The minimum absolute atomic E-state index is 0.402. The van der Waals surface area contributed by atoms with E-state index in [2.05, 4.69) is 0 Å². The molecule has 1 rings (SSSR count). The van der Waals surface area contributed by atoms with Gasteiger partial charge in [-0.25, -0.2) is 8.42 Å². The summed E-state index contributed by atoms with van der Waals surface area (Å²) in [6.45, 7) is 5.42. The minimum Gasteiger partial charge on any atom is -0.369 e. The van der Waals surface area contributed by atoms with Crippen LogP contribution in [0.5, 0.6) is 0 Å². The number of carbonyl (C=O) groups is 2. The molecule has 5 nitrogen and oxygen atoms in total. The van der Waals surface area contributed by atoms with Gasteiger partial charge in [0, 0.05) is 5.56 Å². The number of sulfone groups is 1. The van der Waals surface area contributed by atoms with Crippen molar-refractivity contribution in [2.24, 2.45) is 5.73 Å². The van der Waals surface area contributed by atoms with Gasteiger partial charge in [-0.1, -0.05) is 17.7 Å². The van der Waals surface area contributed by atoms with Crippen molar-refractivity contribution in [1.29, 1.82) is 0 Å². The summed E-state index contributed by atoms with van der Waals surface area (Å²) in [6.07, 6.45) is 0. The van der Waals surface area contributed by atoms with Crippen molar-refractivity contribution in [3.8, 4) is 0 Å². The van der Waals surface area contributed by atoms with E-state index < -0.39 is 33.0 Å². The number of hydrogen-bond donors (Lipinski definition) is 1. The van der Waals surface area contributed by atoms with Crippen LogP contribution in [0.25, 0.3) is 0 Å². The molecule has 2 N–H and O–H groups in total. The molecule has 0 aliphatic heterocycles. The Hall–Kier alpha value is -1.69. The lowest BCUT2D eigenvalue weighted by Gasteiger charge is -2.10. The average Bonchev–Trinajstić information content (AvgIpc) is 2.10. The van der Waals surface area contributed by atoms with E-state index in [1.165, 1.54) is 0 Å². The first-order valence-electron chi connectivity index (χ1n) is 5.72. The average molecular weight is 283 g/mol. The van der Waals surface area contributed by atoms with Crippen molar-refractivity contribution in [3.63, 3.8) is 0 Å². The number of amides is 1. The Bertz CT molecular complexity index is 609. The smallest absolute Gasteiger partial charge is 0.232 e. The lowest BCUT2D eigenvalue weighted by molar-refractivity contribution is -0.115. The first kappa shape index (κ1) is 15.4. The first-order chi connectivity index (χ1) is 8.62. The summed E-state index contributed by atoms with van der Waals surface area (Å²) in [5, 5.41) is 0. The molecule has 104 valence electrons. The van der Waals surface area contributed by atoms with E-state index in [1.54, 1.807) is 13.8 Å². The van der Waals surface area contributed by atoms with Crippen LogP contribution in [0, 0.1) is 20.8 Å². The summed E-state index contributed by atoms with van der Waals surface area (Å²) in [6, 6.07) is 3.64. The standard InChI is InChI=1S/C13H17NO4S/c1-8-4-9(2)13(10(3)5-8)11(15)6-19(17,18)7-12(14)16/h4-5H,6-7H2,1-3H3,(H2,14,16). The van der Waals surface area contributed by atoms with Crippen LogP contribution in [0.1, 0.15) is 27.0 Å². The summed E-state index contributed by atoms with van der Waals surface area (Å²) in [5.74, 6) is -2.95. The van der Waals surface area contributed by atoms with Gasteiger partial charge in [0.1, 0.15) is 11.5 Å². The van der Waals surface area contributed by atoms with Crippen LogP contribution in [-0.2, 0) is 14.6 Å². The Morgan fingerprint density at radius 2 is 1.53 bits per heavy atom. The Morgan fingerprint density at radius 3 is 1.95 bits per heavy atom. The van der Waals surface area contributed by atoms with Gasteiger partial charge >= 0.3 is 0 Å². The molecule has 6 heteroatoms. The largest absolute Gasteiger partial charge is 0.369 e. The van der Waals surface area contributed by atoms with Crippen molar-refractivity contribution in [3.05, 3.63) is 34.4 Å². The van der Waals surface area contributed by atoms with Crippen LogP contribution in [0.4, 0.5) is 0 Å². The summed E-state index contributed by atoms with van der Waals surface area (Å²) in [4.78, 5) is 22.7. The maximum absolute atomic E-state index is 12.1. The molecule has 0 aliphatic carbocycles. The third-order valence-electron chi connectivity index (χ3n) is 2.67. The molecule has 0 spiro atoms. The van der Waals surface area contributed by atoms with Gasteiger partial charge in [0.25, 0.3) is 0 Å². The maximum atomic E-state index is 12.1. The number of Topliss-reactive ketones (excluding diaryl/α,β-unsaturated/α-hetero) is 1. The SMILES string of the molecule is Cc1cc(C)c(C(=O)CS(=O)(=O)CC(N)=O)c(C)c1. The van der Waals surface area contributed by atoms with Gasteiger partial charge in [-0.15, -0.1) is 0 Å². The molecule has 1 aromatic rings. The summed E-state index contributed by atoms with van der Waals surface area (Å²) in [7, 11) is -3.80. The van der Waals surface area contributed by atoms with Crippen LogP contribution >= 0.6 is 0 Å². The second kappa shape index (κ2) is 5.52. The molecule has 0 saturated carbocycles. The van der Waals surface area contributed by atoms with Crippen molar-refractivity contribution >= 4 is 21.5 Å². The summed E-state index contributed by atoms with van der Waals surface area (Å²) < 4.78 is 23.2. The molecular formula is C13H17NO4S. The van der Waals surface area contributed by atoms with Crippen molar-refractivity contribution in [2.45, 2.75) is 20.8 Å². The number of primary amides is 1. The molecule has 19 heavy (non-hydrogen) atoms. The lowest BCUT2D eigenvalue weighted by Crippen LogP contribution is -2.28. The molecule has 1 amide bonds. The van der Waals surface area contributed by atoms with Crippen LogP contribution in [-0.4, -0.2) is 31.6 Å². The van der Waals surface area contributed by atoms with Gasteiger partial charge < -0.3 is 5.73 Å². The first-order valence-corrected chi connectivity index (χ1v) is 7.54. The summed E-state index contributed by atoms with van der Waals surface area (Å²) >= 11 is 0. The zero-order valence-electron chi connectivity index (χ0n) is 11.2. The number of aryl methyl sites for hydroxylation is 3. The fraction of sp³-hybridized carbons (Fsp3) is 0.385. The van der Waals surface area contributed by atoms with Crippen molar-refractivity contribution in [2.75, 3.05) is 11.5 Å². The third-order valence-corrected chi connectivity index (χ3v) is 4.10. The maximum Gasteiger partial charge on any atom is 0.232 e. The van der Waals surface area contributed by atoms with Gasteiger partial charge in [0.05, 0.1) is 0 Å². The normalized spacial score (nSPS) is 11.3. The summed E-state index contributed by atoms with van der Waals surface area (Å²) in [5.41, 5.74) is 7.72. The van der Waals surface area contributed by atoms with Crippen molar-refractivity contribution < 1.29 is 18.0 Å². The van der Waals surface area contributed by atoms with Crippen LogP contribution < -0.4 is 5.73 Å². The zero-order chi connectivity index (χ0) is 14.8. The monoisotopic (exact) mass is 283 g/mol. The third kappa shape index (κ3) is 4.17. The van der Waals surface area contributed by atoms with E-state index >= 15 is 0 Å². The number of benzene rings is 1. The predicted octanol–water partition coefficient (Wildman–Crippen LogP) is 0.695. The highest BCUT2D eigenvalue weighted by atomic mass is 32.2. The van der Waals surface area contributed by atoms with E-state index in [0.29, 0.717) is 5.56 Å². The molecule has 0 saturated heterocycles. The Morgan fingerprint density at radius 1 is 1.05 bits per heavy atom. The van der Waals surface area contributed by atoms with Gasteiger partial charge in [-0.2, -0.15) is 0 Å². The topological polar surface area (TPSA) is 94.3 Å². The molecule has 1 aromatic carbocycles. The molecule has 0 fully saturated rings. The quantitative estimate of drug-likeness (QED) is 0.804. The van der Waals surface area contributed by atoms with Gasteiger partial charge in [-0.3, -0.25) is 9.59 Å². The minimum atomic E-state index is -3.80. The Labute approximate surface area is 112 Å². The van der Waals surface area contributed by atoms with E-state index in [4.69, 9.17) is 5.73 Å². The lowest BCUT2D eigenvalue weighted by atomic mass is 9.97. The fourth-order valence-corrected chi connectivity index (χ4v) is 3.24. The number of carbonyl (C=O) groups excluding carboxylic acids is 2. The van der Waals surface area contributed by atoms with E-state index in [0.717, 1.165) is 16.7 Å². The van der Waals surface area contributed by atoms with Crippen LogP contribution in [0.3, 0.4) is 0 Å². The van der Waals surface area contributed by atoms with Crippen LogP contribution in [0.15, 0.2) is 12.1 Å². The molecule has 0 aliphatic rings. The Kier molecular flexibility index (Phi) is 4.47. The highest BCUT2D eigenvalue weighted by molar-refractivity contribution is 7.92. The van der Waals surface area contributed by atoms with E-state index in [1.807, 2.05) is 19.1 Å². The van der Waals surface area contributed by atoms with E-state index in [9.17, 15) is 18.0 Å². The van der Waals surface area contributed by atoms with Gasteiger partial charge in [0.2, 0.25) is 5.91 Å². The zero-order valence-corrected chi connectivity index (χ0v) is 12.0. The van der Waals surface area contributed by atoms with Gasteiger partial charge in [-0.05, 0) is 31.9 Å².